The fraction of sp³-hybridized carbons (Fsp3) is 0.524. The zero-order chi connectivity index (χ0) is 19.2. The summed E-state index contributed by atoms with van der Waals surface area (Å²) < 4.78 is 10.7. The lowest BCUT2D eigenvalue weighted by Gasteiger charge is -2.31. The van der Waals surface area contributed by atoms with Crippen molar-refractivity contribution in [3.05, 3.63) is 34.7 Å². The largest absolute Gasteiger partial charge is 0.496 e. The van der Waals surface area contributed by atoms with Crippen LogP contribution in [0.3, 0.4) is 0 Å². The number of likely N-dealkylation sites (tertiary alicyclic amines) is 1. The van der Waals surface area contributed by atoms with Crippen molar-refractivity contribution in [1.29, 1.82) is 0 Å². The van der Waals surface area contributed by atoms with Crippen molar-refractivity contribution in [2.24, 2.45) is 0 Å². The van der Waals surface area contributed by atoms with Gasteiger partial charge in [0.2, 0.25) is 5.91 Å². The minimum atomic E-state index is 0.134. The lowest BCUT2D eigenvalue weighted by atomic mass is 9.97. The fourth-order valence-corrected chi connectivity index (χ4v) is 4.42. The van der Waals surface area contributed by atoms with Crippen molar-refractivity contribution in [3.63, 3.8) is 0 Å². The Bertz CT molecular complexity index is 753. The van der Waals surface area contributed by atoms with Crippen molar-refractivity contribution in [2.75, 3.05) is 27.3 Å². The number of hydrogen-bond donors (Lipinski definition) is 0. The summed E-state index contributed by atoms with van der Waals surface area (Å²) in [5, 5.41) is 3.27. The van der Waals surface area contributed by atoms with E-state index in [4.69, 9.17) is 14.5 Å². The van der Waals surface area contributed by atoms with Gasteiger partial charge >= 0.3 is 0 Å². The SMILES string of the molecule is COc1ccccc1-c1csc(C2CCN(C(=O)CCC(C)OC)CC2)n1. The van der Waals surface area contributed by atoms with Gasteiger partial charge in [0, 0.05) is 43.5 Å². The van der Waals surface area contributed by atoms with Crippen LogP contribution in [0.2, 0.25) is 0 Å². The maximum absolute atomic E-state index is 12.4. The molecular formula is C21H28N2O3S. The van der Waals surface area contributed by atoms with Gasteiger partial charge in [0.05, 0.1) is 23.9 Å². The maximum atomic E-state index is 12.4. The molecule has 1 atom stereocenters. The van der Waals surface area contributed by atoms with Gasteiger partial charge in [0.25, 0.3) is 0 Å². The highest BCUT2D eigenvalue weighted by Crippen LogP contribution is 2.35. The van der Waals surface area contributed by atoms with Crippen LogP contribution in [0.25, 0.3) is 11.3 Å². The van der Waals surface area contributed by atoms with Crippen LogP contribution in [-0.2, 0) is 9.53 Å². The number of methoxy groups -OCH3 is 2. The Balaban J connectivity index is 1.57. The molecule has 6 heteroatoms. The molecule has 5 nitrogen and oxygen atoms in total. The lowest BCUT2D eigenvalue weighted by molar-refractivity contribution is -0.132. The number of thiazole rings is 1. The van der Waals surface area contributed by atoms with Gasteiger partial charge in [-0.2, -0.15) is 0 Å². The van der Waals surface area contributed by atoms with Crippen LogP contribution in [-0.4, -0.2) is 49.2 Å². The number of rotatable bonds is 7. The summed E-state index contributed by atoms with van der Waals surface area (Å²) in [6.45, 7) is 3.63. The molecular weight excluding hydrogens is 360 g/mol. The van der Waals surface area contributed by atoms with Crippen LogP contribution in [0.5, 0.6) is 5.75 Å². The number of carbonyl (C=O) groups is 1. The highest BCUT2D eigenvalue weighted by molar-refractivity contribution is 7.10. The standard InChI is InChI=1S/C21H28N2O3S/c1-15(25-2)8-9-20(24)23-12-10-16(11-13-23)21-22-18(14-27-21)17-6-4-5-7-19(17)26-3/h4-7,14-16H,8-13H2,1-3H3. The van der Waals surface area contributed by atoms with Crippen LogP contribution in [0, 0.1) is 0 Å². The van der Waals surface area contributed by atoms with Crippen molar-refractivity contribution in [2.45, 2.75) is 44.6 Å². The van der Waals surface area contributed by atoms with Crippen molar-refractivity contribution >= 4 is 17.2 Å². The summed E-state index contributed by atoms with van der Waals surface area (Å²) in [6.07, 6.45) is 3.43. The van der Waals surface area contributed by atoms with E-state index in [2.05, 4.69) is 5.38 Å². The number of carbonyl (C=O) groups excluding carboxylic acids is 1. The number of hydrogen-bond acceptors (Lipinski definition) is 5. The third-order valence-corrected chi connectivity index (χ3v) is 6.28. The molecule has 3 rings (SSSR count). The second-order valence-corrected chi connectivity index (χ2v) is 7.90. The molecule has 2 heterocycles. The summed E-state index contributed by atoms with van der Waals surface area (Å²) in [7, 11) is 3.38. The Morgan fingerprint density at radius 2 is 2.04 bits per heavy atom. The molecule has 146 valence electrons. The Kier molecular flexibility index (Phi) is 6.85. The van der Waals surface area contributed by atoms with Crippen molar-refractivity contribution < 1.29 is 14.3 Å². The summed E-state index contributed by atoms with van der Waals surface area (Å²) in [5.41, 5.74) is 2.00. The maximum Gasteiger partial charge on any atom is 0.222 e. The third kappa shape index (κ3) is 4.87. The van der Waals surface area contributed by atoms with E-state index in [0.717, 1.165) is 54.4 Å². The van der Waals surface area contributed by atoms with E-state index in [1.165, 1.54) is 0 Å². The minimum Gasteiger partial charge on any atom is -0.496 e. The van der Waals surface area contributed by atoms with Crippen LogP contribution < -0.4 is 4.74 Å². The first kappa shape index (κ1) is 19.8. The molecule has 1 saturated heterocycles. The first-order valence-electron chi connectivity index (χ1n) is 9.51. The first-order chi connectivity index (χ1) is 13.1. The van der Waals surface area contributed by atoms with Crippen LogP contribution in [0.4, 0.5) is 0 Å². The number of amides is 1. The third-order valence-electron chi connectivity index (χ3n) is 5.27. The number of nitrogens with zero attached hydrogens (tertiary/aromatic N) is 2. The second kappa shape index (κ2) is 9.33. The highest BCUT2D eigenvalue weighted by atomic mass is 32.1. The first-order valence-corrected chi connectivity index (χ1v) is 10.4. The molecule has 0 radical (unpaired) electrons. The van der Waals surface area contributed by atoms with E-state index in [9.17, 15) is 4.79 Å². The lowest BCUT2D eigenvalue weighted by Crippen LogP contribution is -2.38. The fourth-order valence-electron chi connectivity index (χ4n) is 3.43. The van der Waals surface area contributed by atoms with Gasteiger partial charge in [-0.1, -0.05) is 12.1 Å². The Morgan fingerprint density at radius 3 is 2.74 bits per heavy atom. The molecule has 0 aliphatic carbocycles. The average molecular weight is 389 g/mol. The number of benzene rings is 1. The quantitative estimate of drug-likeness (QED) is 0.708. The summed E-state index contributed by atoms with van der Waals surface area (Å²) in [6, 6.07) is 7.98. The summed E-state index contributed by atoms with van der Waals surface area (Å²) in [4.78, 5) is 19.2. The summed E-state index contributed by atoms with van der Waals surface area (Å²) >= 11 is 1.71. The summed E-state index contributed by atoms with van der Waals surface area (Å²) in [5.74, 6) is 1.52. The predicted molar refractivity (Wildman–Crippen MR) is 108 cm³/mol. The zero-order valence-electron chi connectivity index (χ0n) is 16.3. The molecule has 1 aliphatic heterocycles. The van der Waals surface area contributed by atoms with E-state index in [0.29, 0.717) is 12.3 Å². The molecule has 1 aromatic carbocycles. The normalized spacial score (nSPS) is 16.3. The van der Waals surface area contributed by atoms with Gasteiger partial charge in [-0.3, -0.25) is 4.79 Å². The monoisotopic (exact) mass is 388 g/mol. The average Bonchev–Trinajstić information content (AvgIpc) is 3.21. The highest BCUT2D eigenvalue weighted by Gasteiger charge is 2.26. The molecule has 1 unspecified atom stereocenters. The van der Waals surface area contributed by atoms with Gasteiger partial charge < -0.3 is 14.4 Å². The van der Waals surface area contributed by atoms with Crippen LogP contribution >= 0.6 is 11.3 Å². The molecule has 0 bridgehead atoms. The number of piperidine rings is 1. The molecule has 1 aromatic heterocycles. The van der Waals surface area contributed by atoms with Gasteiger partial charge in [-0.05, 0) is 38.3 Å². The molecule has 0 saturated carbocycles. The Labute approximate surface area is 165 Å². The van der Waals surface area contributed by atoms with Gasteiger partial charge in [-0.15, -0.1) is 11.3 Å². The number of para-hydroxylation sites is 1. The molecule has 0 N–H and O–H groups in total. The van der Waals surface area contributed by atoms with Crippen molar-refractivity contribution in [3.8, 4) is 17.0 Å². The van der Waals surface area contributed by atoms with E-state index in [-0.39, 0.29) is 12.0 Å². The van der Waals surface area contributed by atoms with Gasteiger partial charge in [-0.25, -0.2) is 4.98 Å². The van der Waals surface area contributed by atoms with E-state index < -0.39 is 0 Å². The van der Waals surface area contributed by atoms with Gasteiger partial charge in [0.1, 0.15) is 5.75 Å². The predicted octanol–water partition coefficient (Wildman–Crippen LogP) is 4.34. The second-order valence-electron chi connectivity index (χ2n) is 7.01. The zero-order valence-corrected chi connectivity index (χ0v) is 17.1. The van der Waals surface area contributed by atoms with Crippen molar-refractivity contribution in [1.82, 2.24) is 9.88 Å². The van der Waals surface area contributed by atoms with Crippen LogP contribution in [0.15, 0.2) is 29.6 Å². The minimum absolute atomic E-state index is 0.134. The smallest absolute Gasteiger partial charge is 0.222 e. The molecule has 2 aromatic rings. The number of aromatic nitrogens is 1. The molecule has 1 aliphatic rings. The van der Waals surface area contributed by atoms with Gasteiger partial charge in [0.15, 0.2) is 0 Å². The molecule has 0 spiro atoms. The van der Waals surface area contributed by atoms with Crippen LogP contribution in [0.1, 0.15) is 43.5 Å². The van der Waals surface area contributed by atoms with E-state index >= 15 is 0 Å². The topological polar surface area (TPSA) is 51.7 Å². The van der Waals surface area contributed by atoms with E-state index in [1.54, 1.807) is 25.6 Å². The number of ether oxygens (including phenoxy) is 2. The molecule has 1 fully saturated rings. The molecule has 27 heavy (non-hydrogen) atoms. The Morgan fingerprint density at radius 1 is 1.30 bits per heavy atom. The molecule has 1 amide bonds. The Hall–Kier alpha value is -1.92. The van der Waals surface area contributed by atoms with E-state index in [1.807, 2.05) is 36.1 Å².